The number of carbonyl (C=O) groups is 2. The molecule has 0 aliphatic rings. The molecular weight excluding hydrogens is 224 g/mol. The molecule has 94 valence electrons. The van der Waals surface area contributed by atoms with Crippen molar-refractivity contribution in [3.8, 4) is 0 Å². The molecule has 0 unspecified atom stereocenters. The third-order valence-electron chi connectivity index (χ3n) is 2.26. The number of ether oxygens (including phenoxy) is 1. The van der Waals surface area contributed by atoms with Crippen molar-refractivity contribution < 1.29 is 14.3 Å². The minimum Gasteiger partial charge on any atom is -0.469 e. The highest BCUT2D eigenvalue weighted by Crippen LogP contribution is 1.99. The molecule has 1 heterocycles. The van der Waals surface area contributed by atoms with E-state index in [1.807, 2.05) is 0 Å². The maximum Gasteiger partial charge on any atom is 0.307 e. The van der Waals surface area contributed by atoms with Crippen LogP contribution in [0.15, 0.2) is 12.4 Å². The number of hydrogen-bond donors (Lipinski definition) is 1. The number of amides is 1. The van der Waals surface area contributed by atoms with Crippen LogP contribution in [-0.2, 0) is 20.9 Å². The molecule has 0 atom stereocenters. The van der Waals surface area contributed by atoms with Gasteiger partial charge in [0, 0.05) is 19.8 Å². The van der Waals surface area contributed by atoms with E-state index in [1.165, 1.54) is 22.9 Å². The smallest absolute Gasteiger partial charge is 0.307 e. The van der Waals surface area contributed by atoms with Gasteiger partial charge in [0.2, 0.25) is 5.91 Å². The number of esters is 1. The number of anilines is 1. The van der Waals surface area contributed by atoms with E-state index < -0.39 is 0 Å². The Morgan fingerprint density at radius 3 is 2.82 bits per heavy atom. The number of nitrogens with zero attached hydrogens (tertiary/aromatic N) is 3. The quantitative estimate of drug-likeness (QED) is 0.700. The van der Waals surface area contributed by atoms with Gasteiger partial charge in [-0.3, -0.25) is 14.3 Å². The van der Waals surface area contributed by atoms with Crippen molar-refractivity contribution in [1.29, 1.82) is 0 Å². The average Bonchev–Trinajstić information content (AvgIpc) is 2.70. The van der Waals surface area contributed by atoms with Crippen molar-refractivity contribution in [2.45, 2.75) is 13.0 Å². The highest BCUT2D eigenvalue weighted by atomic mass is 16.5. The molecule has 1 amide bonds. The summed E-state index contributed by atoms with van der Waals surface area (Å²) in [5.41, 5.74) is 5.99. The van der Waals surface area contributed by atoms with Gasteiger partial charge in [0.1, 0.15) is 6.54 Å². The number of aromatic nitrogens is 2. The van der Waals surface area contributed by atoms with Gasteiger partial charge in [-0.25, -0.2) is 0 Å². The van der Waals surface area contributed by atoms with Crippen LogP contribution < -0.4 is 5.73 Å². The van der Waals surface area contributed by atoms with Crippen LogP contribution in [0.4, 0.5) is 5.69 Å². The van der Waals surface area contributed by atoms with E-state index >= 15 is 0 Å². The minimum atomic E-state index is -0.340. The summed E-state index contributed by atoms with van der Waals surface area (Å²) < 4.78 is 5.94. The van der Waals surface area contributed by atoms with E-state index in [-0.39, 0.29) is 24.8 Å². The number of nitrogen functional groups attached to an aromatic ring is 1. The normalized spacial score (nSPS) is 10.0. The van der Waals surface area contributed by atoms with E-state index in [0.29, 0.717) is 12.2 Å². The van der Waals surface area contributed by atoms with Crippen LogP contribution in [0.3, 0.4) is 0 Å². The van der Waals surface area contributed by atoms with Crippen LogP contribution in [0.5, 0.6) is 0 Å². The van der Waals surface area contributed by atoms with E-state index in [0.717, 1.165) is 0 Å². The molecule has 17 heavy (non-hydrogen) atoms. The first-order valence-electron chi connectivity index (χ1n) is 5.11. The molecule has 7 nitrogen and oxygen atoms in total. The van der Waals surface area contributed by atoms with E-state index in [9.17, 15) is 9.59 Å². The van der Waals surface area contributed by atoms with Crippen molar-refractivity contribution in [2.75, 3.05) is 26.4 Å². The van der Waals surface area contributed by atoms with Crippen LogP contribution in [0.2, 0.25) is 0 Å². The van der Waals surface area contributed by atoms with Crippen LogP contribution in [0.25, 0.3) is 0 Å². The number of carbonyl (C=O) groups excluding carboxylic acids is 2. The molecule has 7 heteroatoms. The predicted octanol–water partition coefficient (Wildman–Crippen LogP) is -0.513. The molecule has 1 rings (SSSR count). The molecule has 2 N–H and O–H groups in total. The third kappa shape index (κ3) is 4.13. The molecule has 0 fully saturated rings. The Labute approximate surface area is 99.1 Å². The number of methoxy groups -OCH3 is 1. The SMILES string of the molecule is COC(=O)CCN(C)C(=O)Cn1cc(N)cn1. The van der Waals surface area contributed by atoms with Crippen LogP contribution in [0.1, 0.15) is 6.42 Å². The van der Waals surface area contributed by atoms with Crippen LogP contribution >= 0.6 is 0 Å². The van der Waals surface area contributed by atoms with E-state index in [1.54, 1.807) is 13.2 Å². The summed E-state index contributed by atoms with van der Waals surface area (Å²) in [6.45, 7) is 0.428. The Kier molecular flexibility index (Phi) is 4.50. The Balaban J connectivity index is 2.39. The summed E-state index contributed by atoms with van der Waals surface area (Å²) in [5, 5.41) is 3.90. The van der Waals surface area contributed by atoms with Gasteiger partial charge in [0.25, 0.3) is 0 Å². The third-order valence-corrected chi connectivity index (χ3v) is 2.26. The monoisotopic (exact) mass is 240 g/mol. The lowest BCUT2D eigenvalue weighted by Crippen LogP contribution is -2.32. The summed E-state index contributed by atoms with van der Waals surface area (Å²) in [6, 6.07) is 0. The van der Waals surface area contributed by atoms with E-state index in [2.05, 4.69) is 9.84 Å². The first kappa shape index (κ1) is 13.0. The molecule has 0 saturated carbocycles. The lowest BCUT2D eigenvalue weighted by atomic mass is 10.4. The number of rotatable bonds is 5. The lowest BCUT2D eigenvalue weighted by molar-refractivity contribution is -0.141. The Hall–Kier alpha value is -2.05. The van der Waals surface area contributed by atoms with Crippen LogP contribution in [-0.4, -0.2) is 47.3 Å². The molecule has 0 spiro atoms. The number of hydrogen-bond acceptors (Lipinski definition) is 5. The Bertz CT molecular complexity index is 402. The van der Waals surface area contributed by atoms with Crippen molar-refractivity contribution in [3.63, 3.8) is 0 Å². The maximum atomic E-state index is 11.7. The molecule has 0 aromatic carbocycles. The van der Waals surface area contributed by atoms with Gasteiger partial charge >= 0.3 is 5.97 Å². The molecule has 1 aromatic heterocycles. The second kappa shape index (κ2) is 5.88. The number of likely N-dealkylation sites (N-methyl/N-ethyl adjacent to an activating group) is 1. The van der Waals surface area contributed by atoms with Gasteiger partial charge in [-0.15, -0.1) is 0 Å². The van der Waals surface area contributed by atoms with Gasteiger partial charge in [-0.2, -0.15) is 5.10 Å². The molecule has 0 saturated heterocycles. The standard InChI is InChI=1S/C10H16N4O3/c1-13(4-3-10(16)17-2)9(15)7-14-6-8(11)5-12-14/h5-6H,3-4,7,11H2,1-2H3. The maximum absolute atomic E-state index is 11.7. The predicted molar refractivity (Wildman–Crippen MR) is 60.9 cm³/mol. The van der Waals surface area contributed by atoms with Gasteiger partial charge in [-0.05, 0) is 0 Å². The van der Waals surface area contributed by atoms with Gasteiger partial charge in [0.05, 0.1) is 25.4 Å². The van der Waals surface area contributed by atoms with Crippen molar-refractivity contribution >= 4 is 17.6 Å². The summed E-state index contributed by atoms with van der Waals surface area (Å²) in [7, 11) is 2.94. The topological polar surface area (TPSA) is 90.5 Å². The molecule has 1 aromatic rings. The molecule has 0 radical (unpaired) electrons. The average molecular weight is 240 g/mol. The second-order valence-electron chi connectivity index (χ2n) is 3.61. The Morgan fingerprint density at radius 2 is 2.29 bits per heavy atom. The summed E-state index contributed by atoms with van der Waals surface area (Å²) in [6.07, 6.45) is 3.23. The second-order valence-corrected chi connectivity index (χ2v) is 3.61. The molecule has 0 aliphatic heterocycles. The largest absolute Gasteiger partial charge is 0.469 e. The Morgan fingerprint density at radius 1 is 1.59 bits per heavy atom. The fourth-order valence-electron chi connectivity index (χ4n) is 1.21. The zero-order valence-electron chi connectivity index (χ0n) is 9.92. The minimum absolute atomic E-state index is 0.106. The summed E-state index contributed by atoms with van der Waals surface area (Å²) in [4.78, 5) is 24.1. The summed E-state index contributed by atoms with van der Waals surface area (Å²) >= 11 is 0. The number of nitrogens with two attached hydrogens (primary N) is 1. The van der Waals surface area contributed by atoms with Gasteiger partial charge < -0.3 is 15.4 Å². The zero-order valence-corrected chi connectivity index (χ0v) is 9.92. The highest BCUT2D eigenvalue weighted by Gasteiger charge is 2.11. The first-order valence-corrected chi connectivity index (χ1v) is 5.11. The molecular formula is C10H16N4O3. The molecule has 0 bridgehead atoms. The fourth-order valence-corrected chi connectivity index (χ4v) is 1.21. The van der Waals surface area contributed by atoms with Crippen LogP contribution in [0, 0.1) is 0 Å². The van der Waals surface area contributed by atoms with Crippen molar-refractivity contribution in [1.82, 2.24) is 14.7 Å². The molecule has 0 aliphatic carbocycles. The van der Waals surface area contributed by atoms with Crippen molar-refractivity contribution in [2.24, 2.45) is 0 Å². The first-order chi connectivity index (χ1) is 8.02. The van der Waals surface area contributed by atoms with E-state index in [4.69, 9.17) is 5.73 Å². The van der Waals surface area contributed by atoms with Gasteiger partial charge in [-0.1, -0.05) is 0 Å². The summed E-state index contributed by atoms with van der Waals surface area (Å²) in [5.74, 6) is -0.481. The lowest BCUT2D eigenvalue weighted by Gasteiger charge is -2.16. The zero-order chi connectivity index (χ0) is 12.8. The fraction of sp³-hybridized carbons (Fsp3) is 0.500. The highest BCUT2D eigenvalue weighted by molar-refractivity contribution is 5.76. The van der Waals surface area contributed by atoms with Gasteiger partial charge in [0.15, 0.2) is 0 Å². The van der Waals surface area contributed by atoms with Crippen molar-refractivity contribution in [3.05, 3.63) is 12.4 Å².